The molecule has 0 spiro atoms. The quantitative estimate of drug-likeness (QED) is 0.725. The maximum atomic E-state index is 12.6. The molecule has 3 rings (SSSR count). The second-order valence-corrected chi connectivity index (χ2v) is 7.65. The van der Waals surface area contributed by atoms with Gasteiger partial charge in [-0.1, -0.05) is 11.6 Å². The van der Waals surface area contributed by atoms with Crippen LogP contribution in [0.15, 0.2) is 6.33 Å². The molecule has 1 aliphatic carbocycles. The fourth-order valence-electron chi connectivity index (χ4n) is 3.18. The van der Waals surface area contributed by atoms with Crippen LogP contribution in [0.3, 0.4) is 0 Å². The van der Waals surface area contributed by atoms with Gasteiger partial charge in [-0.3, -0.25) is 0 Å². The van der Waals surface area contributed by atoms with E-state index in [1.807, 2.05) is 0 Å². The molecule has 0 saturated heterocycles. The highest BCUT2D eigenvalue weighted by molar-refractivity contribution is 7.19. The zero-order valence-electron chi connectivity index (χ0n) is 15.0. The number of carbonyl (C=O) groups is 1. The van der Waals surface area contributed by atoms with Crippen molar-refractivity contribution in [3.8, 4) is 0 Å². The number of nitrogens with one attached hydrogen (secondary N) is 1. The number of aryl methyl sites for hydroxylation is 1. The number of thiophene rings is 1. The fraction of sp³-hybridized carbons (Fsp3) is 0.588. The normalized spacial score (nSPS) is 16.5. The highest BCUT2D eigenvalue weighted by Gasteiger charge is 2.26. The number of rotatable bonds is 7. The maximum absolute atomic E-state index is 12.6. The molecule has 2 amide bonds. The average molecular weight is 399 g/mol. The predicted molar refractivity (Wildman–Crippen MR) is 102 cm³/mol. The number of methoxy groups -OCH3 is 2. The van der Waals surface area contributed by atoms with Gasteiger partial charge in [0.1, 0.15) is 16.3 Å². The van der Waals surface area contributed by atoms with Gasteiger partial charge in [0, 0.05) is 44.6 Å². The Morgan fingerprint density at radius 3 is 2.77 bits per heavy atom. The summed E-state index contributed by atoms with van der Waals surface area (Å²) < 4.78 is 10.2. The highest BCUT2D eigenvalue weighted by atomic mass is 35.5. The van der Waals surface area contributed by atoms with Gasteiger partial charge in [-0.2, -0.15) is 0 Å². The first-order valence-corrected chi connectivity index (χ1v) is 9.77. The minimum Gasteiger partial charge on any atom is -0.383 e. The molecule has 26 heavy (non-hydrogen) atoms. The lowest BCUT2D eigenvalue weighted by molar-refractivity contribution is 0.120. The molecule has 2 heterocycles. The molecule has 0 fully saturated rings. The smallest absolute Gasteiger partial charge is 0.317 e. The standard InChI is InChI=1S/C17H23ClN4O3S/c1-24-7-5-22(6-8-25-2)17(23)21-11-3-4-12-13(9-11)26-16-14(12)15(18)19-10-20-16/h10-11H,3-9H2,1-2H3,(H,21,23). The van der Waals surface area contributed by atoms with Crippen molar-refractivity contribution in [3.05, 3.63) is 21.9 Å². The van der Waals surface area contributed by atoms with Crippen LogP contribution < -0.4 is 5.32 Å². The van der Waals surface area contributed by atoms with E-state index in [4.69, 9.17) is 21.1 Å². The van der Waals surface area contributed by atoms with Gasteiger partial charge in [0.2, 0.25) is 0 Å². The summed E-state index contributed by atoms with van der Waals surface area (Å²) in [6.45, 7) is 2.08. The van der Waals surface area contributed by atoms with Gasteiger partial charge < -0.3 is 19.7 Å². The zero-order chi connectivity index (χ0) is 18.5. The molecule has 1 N–H and O–H groups in total. The van der Waals surface area contributed by atoms with Crippen molar-refractivity contribution in [2.45, 2.75) is 25.3 Å². The number of amides is 2. The molecule has 2 aromatic heterocycles. The third-order valence-electron chi connectivity index (χ3n) is 4.54. The Morgan fingerprint density at radius 1 is 1.35 bits per heavy atom. The number of carbonyl (C=O) groups excluding carboxylic acids is 1. The Kier molecular flexibility index (Phi) is 6.63. The molecule has 1 aliphatic rings. The lowest BCUT2D eigenvalue weighted by Crippen LogP contribution is -2.48. The Bertz CT molecular complexity index is 762. The summed E-state index contributed by atoms with van der Waals surface area (Å²) >= 11 is 7.89. The third-order valence-corrected chi connectivity index (χ3v) is 5.99. The predicted octanol–water partition coefficient (Wildman–Crippen LogP) is 2.51. The number of hydrogen-bond acceptors (Lipinski definition) is 6. The second kappa shape index (κ2) is 8.94. The Labute approximate surface area is 161 Å². The molecule has 1 unspecified atom stereocenters. The average Bonchev–Trinajstić information content (AvgIpc) is 3.00. The van der Waals surface area contributed by atoms with Crippen molar-refractivity contribution in [2.75, 3.05) is 40.5 Å². The van der Waals surface area contributed by atoms with E-state index in [0.717, 1.165) is 29.5 Å². The van der Waals surface area contributed by atoms with Crippen LogP contribution in [-0.2, 0) is 22.3 Å². The van der Waals surface area contributed by atoms with Crippen molar-refractivity contribution < 1.29 is 14.3 Å². The molecule has 0 aliphatic heterocycles. The minimum absolute atomic E-state index is 0.0773. The lowest BCUT2D eigenvalue weighted by atomic mass is 9.93. The van der Waals surface area contributed by atoms with Gasteiger partial charge in [-0.05, 0) is 18.4 Å². The van der Waals surface area contributed by atoms with Gasteiger partial charge in [0.15, 0.2) is 0 Å². The van der Waals surface area contributed by atoms with Crippen LogP contribution in [0.2, 0.25) is 5.15 Å². The van der Waals surface area contributed by atoms with E-state index in [9.17, 15) is 4.79 Å². The molecule has 0 bridgehead atoms. The molecule has 0 radical (unpaired) electrons. The van der Waals surface area contributed by atoms with Gasteiger partial charge in [-0.25, -0.2) is 14.8 Å². The second-order valence-electron chi connectivity index (χ2n) is 6.21. The fourth-order valence-corrected chi connectivity index (χ4v) is 4.75. The minimum atomic E-state index is -0.0773. The summed E-state index contributed by atoms with van der Waals surface area (Å²) in [5.74, 6) is 0. The van der Waals surface area contributed by atoms with Crippen LogP contribution in [0, 0.1) is 0 Å². The van der Waals surface area contributed by atoms with E-state index >= 15 is 0 Å². The van der Waals surface area contributed by atoms with Crippen molar-refractivity contribution in [1.82, 2.24) is 20.2 Å². The van der Waals surface area contributed by atoms with Gasteiger partial charge in [0.25, 0.3) is 0 Å². The van der Waals surface area contributed by atoms with Crippen LogP contribution >= 0.6 is 22.9 Å². The summed E-state index contributed by atoms with van der Waals surface area (Å²) in [5.41, 5.74) is 1.23. The van der Waals surface area contributed by atoms with E-state index in [0.29, 0.717) is 31.5 Å². The number of nitrogens with zero attached hydrogens (tertiary/aromatic N) is 3. The first-order valence-electron chi connectivity index (χ1n) is 8.58. The van der Waals surface area contributed by atoms with E-state index in [2.05, 4.69) is 15.3 Å². The van der Waals surface area contributed by atoms with E-state index < -0.39 is 0 Å². The number of urea groups is 1. The Hall–Kier alpha value is -1.48. The Balaban J connectivity index is 1.67. The van der Waals surface area contributed by atoms with Crippen LogP contribution in [0.25, 0.3) is 10.2 Å². The molecular formula is C17H23ClN4O3S. The number of aromatic nitrogens is 2. The van der Waals surface area contributed by atoms with Crippen LogP contribution in [0.5, 0.6) is 0 Å². The Morgan fingerprint density at radius 2 is 2.08 bits per heavy atom. The molecule has 2 aromatic rings. The van der Waals surface area contributed by atoms with Crippen LogP contribution in [0.4, 0.5) is 4.79 Å². The zero-order valence-corrected chi connectivity index (χ0v) is 16.5. The van der Waals surface area contributed by atoms with Crippen LogP contribution in [-0.4, -0.2) is 67.5 Å². The van der Waals surface area contributed by atoms with Gasteiger partial charge >= 0.3 is 6.03 Å². The number of halogens is 1. The molecule has 7 nitrogen and oxygen atoms in total. The summed E-state index contributed by atoms with van der Waals surface area (Å²) in [5, 5.41) is 4.64. The first kappa shape index (κ1) is 19.3. The number of ether oxygens (including phenoxy) is 2. The topological polar surface area (TPSA) is 76.6 Å². The molecule has 1 atom stereocenters. The third kappa shape index (κ3) is 4.25. The first-order chi connectivity index (χ1) is 12.6. The molecule has 0 saturated carbocycles. The lowest BCUT2D eigenvalue weighted by Gasteiger charge is -2.28. The van der Waals surface area contributed by atoms with Gasteiger partial charge in [-0.15, -0.1) is 11.3 Å². The molecule has 142 valence electrons. The summed E-state index contributed by atoms with van der Waals surface area (Å²) in [6.07, 6.45) is 4.03. The van der Waals surface area contributed by atoms with Crippen LogP contribution in [0.1, 0.15) is 16.9 Å². The SMILES string of the molecule is COCCN(CCOC)C(=O)NC1CCc2c(sc3ncnc(Cl)c23)C1. The van der Waals surface area contributed by atoms with Crippen molar-refractivity contribution in [2.24, 2.45) is 0 Å². The number of hydrogen-bond donors (Lipinski definition) is 1. The van der Waals surface area contributed by atoms with Crippen molar-refractivity contribution in [1.29, 1.82) is 0 Å². The number of fused-ring (bicyclic) bond motifs is 3. The molecular weight excluding hydrogens is 376 g/mol. The largest absolute Gasteiger partial charge is 0.383 e. The van der Waals surface area contributed by atoms with E-state index in [1.165, 1.54) is 16.8 Å². The van der Waals surface area contributed by atoms with E-state index in [1.54, 1.807) is 30.5 Å². The summed E-state index contributed by atoms with van der Waals surface area (Å²) in [7, 11) is 3.26. The highest BCUT2D eigenvalue weighted by Crippen LogP contribution is 2.37. The monoisotopic (exact) mass is 398 g/mol. The van der Waals surface area contributed by atoms with Gasteiger partial charge in [0.05, 0.1) is 18.6 Å². The summed E-state index contributed by atoms with van der Waals surface area (Å²) in [6, 6.07) is 0.0221. The van der Waals surface area contributed by atoms with Crippen molar-refractivity contribution >= 4 is 39.2 Å². The molecule has 0 aromatic carbocycles. The summed E-state index contributed by atoms with van der Waals surface area (Å²) in [4.78, 5) is 24.9. The molecule has 9 heteroatoms. The van der Waals surface area contributed by atoms with Crippen molar-refractivity contribution in [3.63, 3.8) is 0 Å². The maximum Gasteiger partial charge on any atom is 0.317 e. The van der Waals surface area contributed by atoms with E-state index in [-0.39, 0.29) is 12.1 Å².